The molecule has 162 valence electrons. The number of rotatable bonds is 6. The Morgan fingerprint density at radius 2 is 2.13 bits per heavy atom. The van der Waals surface area contributed by atoms with E-state index in [-0.39, 0.29) is 23.4 Å². The zero-order valence-electron chi connectivity index (χ0n) is 16.8. The van der Waals surface area contributed by atoms with Crippen molar-refractivity contribution in [1.29, 1.82) is 0 Å². The van der Waals surface area contributed by atoms with Crippen LogP contribution in [0.2, 0.25) is 5.02 Å². The van der Waals surface area contributed by atoms with E-state index in [1.807, 2.05) is 0 Å². The maximum Gasteiger partial charge on any atom is 0.274 e. The Hall–Kier alpha value is -3.40. The Bertz CT molecular complexity index is 1060. The van der Waals surface area contributed by atoms with Gasteiger partial charge in [0.1, 0.15) is 5.76 Å². The number of amides is 2. The van der Waals surface area contributed by atoms with Crippen molar-refractivity contribution in [2.24, 2.45) is 5.92 Å². The van der Waals surface area contributed by atoms with Crippen LogP contribution < -0.4 is 10.1 Å². The molecule has 4 heterocycles. The molecule has 1 fully saturated rings. The number of nitrogens with zero attached hydrogens (tertiary/aromatic N) is 4. The first kappa shape index (κ1) is 20.9. The van der Waals surface area contributed by atoms with E-state index in [1.54, 1.807) is 23.2 Å². The van der Waals surface area contributed by atoms with E-state index in [9.17, 15) is 9.59 Å². The summed E-state index contributed by atoms with van der Waals surface area (Å²) in [5.74, 6) is 0.615. The van der Waals surface area contributed by atoms with Gasteiger partial charge in [-0.1, -0.05) is 11.6 Å². The maximum absolute atomic E-state index is 12.9. The monoisotopic (exact) mass is 444 g/mol. The summed E-state index contributed by atoms with van der Waals surface area (Å²) in [6, 6.07) is 3.33. The number of aromatic nitrogens is 4. The van der Waals surface area contributed by atoms with Crippen LogP contribution in [0.5, 0.6) is 5.88 Å². The Balaban J connectivity index is 1.34. The lowest BCUT2D eigenvalue weighted by molar-refractivity contribution is -0.126. The zero-order valence-corrected chi connectivity index (χ0v) is 17.6. The quantitative estimate of drug-likeness (QED) is 0.597. The summed E-state index contributed by atoms with van der Waals surface area (Å²) in [6.07, 6.45) is 5.54. The number of ether oxygens (including phenoxy) is 1. The fraction of sp³-hybridized carbons (Fsp3) is 0.350. The van der Waals surface area contributed by atoms with E-state index in [1.165, 1.54) is 19.7 Å². The molecule has 0 unspecified atom stereocenters. The minimum atomic E-state index is -0.194. The minimum absolute atomic E-state index is 0.0492. The van der Waals surface area contributed by atoms with Crippen LogP contribution in [0.15, 0.2) is 35.3 Å². The molecule has 0 atom stereocenters. The number of H-pyrrole nitrogens is 1. The van der Waals surface area contributed by atoms with E-state index >= 15 is 0 Å². The van der Waals surface area contributed by atoms with Crippen LogP contribution in [0.3, 0.4) is 0 Å². The van der Waals surface area contributed by atoms with Crippen molar-refractivity contribution in [3.63, 3.8) is 0 Å². The lowest BCUT2D eigenvalue weighted by Gasteiger charge is -2.30. The van der Waals surface area contributed by atoms with Crippen LogP contribution in [0.4, 0.5) is 0 Å². The Labute approximate surface area is 183 Å². The average Bonchev–Trinajstić information content (AvgIpc) is 3.50. The molecule has 0 aliphatic carbocycles. The number of oxazole rings is 1. The number of carbonyl (C=O) groups excluding carboxylic acids is 2. The van der Waals surface area contributed by atoms with Crippen molar-refractivity contribution in [2.45, 2.75) is 19.4 Å². The number of carbonyl (C=O) groups is 2. The van der Waals surface area contributed by atoms with Crippen LogP contribution in [-0.4, -0.2) is 57.1 Å². The fourth-order valence-corrected chi connectivity index (χ4v) is 3.67. The molecular formula is C20H21ClN6O4. The number of pyridine rings is 1. The van der Waals surface area contributed by atoms with Crippen LogP contribution in [0, 0.1) is 5.92 Å². The number of aromatic amines is 1. The van der Waals surface area contributed by atoms with Crippen LogP contribution in [0.1, 0.15) is 29.1 Å². The lowest BCUT2D eigenvalue weighted by Crippen LogP contribution is -2.43. The van der Waals surface area contributed by atoms with Gasteiger partial charge in [0.05, 0.1) is 36.8 Å². The SMILES string of the molecule is COc1cc(-c2cc(C(=O)N3CCC(C(=O)NCc4cnco4)CC3)n[nH]2)c(Cl)cn1. The molecule has 3 aromatic heterocycles. The Morgan fingerprint density at radius 1 is 1.32 bits per heavy atom. The molecule has 2 amide bonds. The van der Waals surface area contributed by atoms with Gasteiger partial charge in [-0.2, -0.15) is 5.10 Å². The summed E-state index contributed by atoms with van der Waals surface area (Å²) in [4.78, 5) is 34.8. The third kappa shape index (κ3) is 4.69. The molecule has 1 saturated heterocycles. The van der Waals surface area contributed by atoms with E-state index in [0.717, 1.165) is 0 Å². The molecule has 0 bridgehead atoms. The molecule has 3 aromatic rings. The summed E-state index contributed by atoms with van der Waals surface area (Å²) in [7, 11) is 1.51. The highest BCUT2D eigenvalue weighted by atomic mass is 35.5. The van der Waals surface area contributed by atoms with Crippen molar-refractivity contribution in [3.05, 3.63) is 47.4 Å². The fourth-order valence-electron chi connectivity index (χ4n) is 3.46. The van der Waals surface area contributed by atoms with E-state index < -0.39 is 0 Å². The smallest absolute Gasteiger partial charge is 0.274 e. The molecule has 0 spiro atoms. The molecule has 0 radical (unpaired) electrons. The van der Waals surface area contributed by atoms with E-state index in [2.05, 4.69) is 25.5 Å². The van der Waals surface area contributed by atoms with Crippen molar-refractivity contribution >= 4 is 23.4 Å². The van der Waals surface area contributed by atoms with E-state index in [4.69, 9.17) is 20.8 Å². The molecule has 1 aliphatic rings. The van der Waals surface area contributed by atoms with E-state index in [0.29, 0.717) is 60.4 Å². The maximum atomic E-state index is 12.9. The predicted octanol–water partition coefficient (Wildman–Crippen LogP) is 2.29. The Kier molecular flexibility index (Phi) is 6.17. The molecule has 10 nitrogen and oxygen atoms in total. The first-order chi connectivity index (χ1) is 15.0. The first-order valence-electron chi connectivity index (χ1n) is 9.75. The highest BCUT2D eigenvalue weighted by Gasteiger charge is 2.29. The summed E-state index contributed by atoms with van der Waals surface area (Å²) < 4.78 is 10.2. The minimum Gasteiger partial charge on any atom is -0.481 e. The number of hydrogen-bond donors (Lipinski definition) is 2. The first-order valence-corrected chi connectivity index (χ1v) is 10.1. The molecule has 4 rings (SSSR count). The number of likely N-dealkylation sites (tertiary alicyclic amines) is 1. The topological polar surface area (TPSA) is 126 Å². The average molecular weight is 445 g/mol. The molecular weight excluding hydrogens is 424 g/mol. The number of methoxy groups -OCH3 is 1. The lowest BCUT2D eigenvalue weighted by atomic mass is 9.95. The van der Waals surface area contributed by atoms with Gasteiger partial charge in [-0.25, -0.2) is 9.97 Å². The van der Waals surface area contributed by atoms with Crippen molar-refractivity contribution in [3.8, 4) is 17.1 Å². The summed E-state index contributed by atoms with van der Waals surface area (Å²) in [6.45, 7) is 1.26. The number of hydrogen-bond acceptors (Lipinski definition) is 7. The molecule has 0 aromatic carbocycles. The van der Waals surface area contributed by atoms with Gasteiger partial charge in [-0.05, 0) is 18.9 Å². The third-order valence-electron chi connectivity index (χ3n) is 5.20. The second-order valence-electron chi connectivity index (χ2n) is 7.13. The molecule has 0 saturated carbocycles. The van der Waals surface area contributed by atoms with Gasteiger partial charge < -0.3 is 19.4 Å². The summed E-state index contributed by atoms with van der Waals surface area (Å²) >= 11 is 6.22. The van der Waals surface area contributed by atoms with Crippen molar-refractivity contribution in [2.75, 3.05) is 20.2 Å². The van der Waals surface area contributed by atoms with Gasteiger partial charge in [0.15, 0.2) is 12.1 Å². The van der Waals surface area contributed by atoms with Gasteiger partial charge in [-0.3, -0.25) is 14.7 Å². The van der Waals surface area contributed by atoms with Crippen molar-refractivity contribution in [1.82, 2.24) is 30.4 Å². The predicted molar refractivity (Wildman–Crippen MR) is 110 cm³/mol. The molecule has 2 N–H and O–H groups in total. The molecule has 31 heavy (non-hydrogen) atoms. The van der Waals surface area contributed by atoms with Crippen LogP contribution >= 0.6 is 11.6 Å². The van der Waals surface area contributed by atoms with Gasteiger partial charge in [0.25, 0.3) is 5.91 Å². The zero-order chi connectivity index (χ0) is 21.8. The van der Waals surface area contributed by atoms with Gasteiger partial charge in [-0.15, -0.1) is 0 Å². The number of piperidine rings is 1. The standard InChI is InChI=1S/C20H21ClN6O4/c1-30-18-6-14(15(21)10-23-18)16-7-17(26-25-16)20(29)27-4-2-12(3-5-27)19(28)24-9-13-8-22-11-31-13/h6-8,10-12H,2-5,9H2,1H3,(H,24,28)(H,25,26). The second kappa shape index (κ2) is 9.17. The van der Waals surface area contributed by atoms with Gasteiger partial charge in [0.2, 0.25) is 11.8 Å². The largest absolute Gasteiger partial charge is 0.481 e. The van der Waals surface area contributed by atoms with Crippen LogP contribution in [0.25, 0.3) is 11.3 Å². The van der Waals surface area contributed by atoms with Crippen LogP contribution in [-0.2, 0) is 11.3 Å². The summed E-state index contributed by atoms with van der Waals surface area (Å²) in [5, 5.41) is 10.3. The highest BCUT2D eigenvalue weighted by molar-refractivity contribution is 6.33. The summed E-state index contributed by atoms with van der Waals surface area (Å²) in [5.41, 5.74) is 1.52. The highest BCUT2D eigenvalue weighted by Crippen LogP contribution is 2.29. The normalized spacial score (nSPS) is 14.5. The van der Waals surface area contributed by atoms with Crippen molar-refractivity contribution < 1.29 is 18.7 Å². The molecule has 1 aliphatic heterocycles. The number of halogens is 1. The van der Waals surface area contributed by atoms with Gasteiger partial charge in [0, 0.05) is 30.6 Å². The Morgan fingerprint density at radius 3 is 2.84 bits per heavy atom. The third-order valence-corrected chi connectivity index (χ3v) is 5.50. The van der Waals surface area contributed by atoms with Gasteiger partial charge >= 0.3 is 0 Å². The second-order valence-corrected chi connectivity index (χ2v) is 7.53. The molecule has 11 heteroatoms. The number of nitrogens with one attached hydrogen (secondary N) is 2.